The third kappa shape index (κ3) is 2.34. The van der Waals surface area contributed by atoms with Gasteiger partial charge in [0.2, 0.25) is 6.79 Å². The molecule has 0 aromatic heterocycles. The largest absolute Gasteiger partial charge is 0.458 e. The Labute approximate surface area is 93.4 Å². The van der Waals surface area contributed by atoms with Crippen LogP contribution >= 0.6 is 0 Å². The fraction of sp³-hybridized carbons (Fsp3) is 0.250. The lowest BCUT2D eigenvalue weighted by atomic mass is 10.2. The number of esters is 1. The Balaban J connectivity index is 1.98. The van der Waals surface area contributed by atoms with E-state index in [0.717, 1.165) is 11.3 Å². The smallest absolute Gasteiger partial charge is 0.330 e. The zero-order valence-electron chi connectivity index (χ0n) is 8.93. The molecule has 16 heavy (non-hydrogen) atoms. The molecule has 0 unspecified atom stereocenters. The number of carbonyl (C=O) groups is 1. The van der Waals surface area contributed by atoms with Gasteiger partial charge < -0.3 is 14.2 Å². The third-order valence-corrected chi connectivity index (χ3v) is 2.12. The van der Waals surface area contributed by atoms with Crippen molar-refractivity contribution < 1.29 is 19.0 Å². The van der Waals surface area contributed by atoms with Gasteiger partial charge in [0.25, 0.3) is 0 Å². The number of hydrogen-bond donors (Lipinski definition) is 0. The van der Waals surface area contributed by atoms with Gasteiger partial charge >= 0.3 is 5.97 Å². The summed E-state index contributed by atoms with van der Waals surface area (Å²) in [7, 11) is 0. The molecule has 2 rings (SSSR count). The molecule has 0 bridgehead atoms. The average Bonchev–Trinajstić information content (AvgIpc) is 2.74. The second-order valence-electron chi connectivity index (χ2n) is 3.30. The van der Waals surface area contributed by atoms with Gasteiger partial charge in [-0.15, -0.1) is 0 Å². The zero-order valence-corrected chi connectivity index (χ0v) is 8.93. The van der Waals surface area contributed by atoms with Gasteiger partial charge in [0.15, 0.2) is 11.5 Å². The topological polar surface area (TPSA) is 44.8 Å². The molecule has 0 spiro atoms. The van der Waals surface area contributed by atoms with Gasteiger partial charge in [-0.25, -0.2) is 4.79 Å². The van der Waals surface area contributed by atoms with Crippen LogP contribution in [-0.2, 0) is 16.1 Å². The summed E-state index contributed by atoms with van der Waals surface area (Å²) >= 11 is 0. The van der Waals surface area contributed by atoms with Crippen molar-refractivity contribution in [3.05, 3.63) is 35.9 Å². The molecule has 0 amide bonds. The Morgan fingerprint density at radius 2 is 2.25 bits per heavy atom. The Bertz CT molecular complexity index is 423. The number of benzene rings is 1. The van der Waals surface area contributed by atoms with E-state index in [2.05, 4.69) is 0 Å². The number of fused-ring (bicyclic) bond motifs is 1. The highest BCUT2D eigenvalue weighted by Gasteiger charge is 2.13. The van der Waals surface area contributed by atoms with E-state index in [1.165, 1.54) is 6.08 Å². The van der Waals surface area contributed by atoms with Gasteiger partial charge in [0.05, 0.1) is 0 Å². The monoisotopic (exact) mass is 220 g/mol. The maximum absolute atomic E-state index is 11.1. The highest BCUT2D eigenvalue weighted by molar-refractivity contribution is 5.81. The second kappa shape index (κ2) is 4.70. The molecule has 1 heterocycles. The van der Waals surface area contributed by atoms with Gasteiger partial charge in [-0.2, -0.15) is 0 Å². The van der Waals surface area contributed by atoms with Crippen molar-refractivity contribution in [2.45, 2.75) is 13.5 Å². The number of ether oxygens (including phenoxy) is 3. The lowest BCUT2D eigenvalue weighted by Gasteiger charge is -2.03. The van der Waals surface area contributed by atoms with Crippen LogP contribution < -0.4 is 9.47 Å². The van der Waals surface area contributed by atoms with Crippen molar-refractivity contribution in [3.63, 3.8) is 0 Å². The molecule has 4 heteroatoms. The van der Waals surface area contributed by atoms with E-state index in [1.807, 2.05) is 12.1 Å². The lowest BCUT2D eigenvalue weighted by molar-refractivity contribution is -0.139. The summed E-state index contributed by atoms with van der Waals surface area (Å²) in [5, 5.41) is 0. The van der Waals surface area contributed by atoms with E-state index in [9.17, 15) is 4.79 Å². The van der Waals surface area contributed by atoms with E-state index in [-0.39, 0.29) is 19.4 Å². The summed E-state index contributed by atoms with van der Waals surface area (Å²) in [4.78, 5) is 11.1. The molecule has 4 nitrogen and oxygen atoms in total. The minimum atomic E-state index is -0.347. The molecule has 84 valence electrons. The van der Waals surface area contributed by atoms with Crippen LogP contribution in [0.4, 0.5) is 0 Å². The Hall–Kier alpha value is -1.97. The summed E-state index contributed by atoms with van der Waals surface area (Å²) < 4.78 is 15.4. The van der Waals surface area contributed by atoms with Crippen molar-refractivity contribution in [2.75, 3.05) is 6.79 Å². The number of hydrogen-bond acceptors (Lipinski definition) is 4. The molecule has 0 aliphatic carbocycles. The summed E-state index contributed by atoms with van der Waals surface area (Å²) in [5.74, 6) is 1.07. The summed E-state index contributed by atoms with van der Waals surface area (Å²) in [5.41, 5.74) is 0.877. The quantitative estimate of drug-likeness (QED) is 0.577. The molecular weight excluding hydrogens is 208 g/mol. The van der Waals surface area contributed by atoms with Gasteiger partial charge in [-0.1, -0.05) is 12.1 Å². The van der Waals surface area contributed by atoms with Gasteiger partial charge in [0, 0.05) is 6.08 Å². The van der Waals surface area contributed by atoms with Crippen LogP contribution in [0.15, 0.2) is 30.4 Å². The summed E-state index contributed by atoms with van der Waals surface area (Å²) in [6, 6.07) is 5.46. The highest BCUT2D eigenvalue weighted by Crippen LogP contribution is 2.32. The Morgan fingerprint density at radius 1 is 1.44 bits per heavy atom. The molecule has 0 saturated heterocycles. The molecule has 0 fully saturated rings. The van der Waals surface area contributed by atoms with Gasteiger partial charge in [-0.05, 0) is 24.6 Å². The zero-order chi connectivity index (χ0) is 11.4. The first-order valence-corrected chi connectivity index (χ1v) is 4.97. The summed E-state index contributed by atoms with van der Waals surface area (Å²) in [6.45, 7) is 2.25. The molecule has 0 atom stereocenters. The third-order valence-electron chi connectivity index (χ3n) is 2.12. The molecule has 0 saturated carbocycles. The van der Waals surface area contributed by atoms with Crippen molar-refractivity contribution in [1.82, 2.24) is 0 Å². The SMILES string of the molecule is CC=CC(=O)OCc1ccc2c(c1)OCO2. The Morgan fingerprint density at radius 3 is 3.06 bits per heavy atom. The molecule has 0 radical (unpaired) electrons. The van der Waals surface area contributed by atoms with Crippen LogP contribution in [0.3, 0.4) is 0 Å². The predicted molar refractivity (Wildman–Crippen MR) is 57.2 cm³/mol. The highest BCUT2D eigenvalue weighted by atomic mass is 16.7. The molecule has 1 aromatic carbocycles. The molecule has 1 aliphatic rings. The van der Waals surface area contributed by atoms with Crippen LogP contribution in [0.25, 0.3) is 0 Å². The fourth-order valence-corrected chi connectivity index (χ4v) is 1.37. The molecular formula is C12H12O4. The van der Waals surface area contributed by atoms with Gasteiger partial charge in [-0.3, -0.25) is 0 Å². The van der Waals surface area contributed by atoms with E-state index in [1.54, 1.807) is 19.1 Å². The maximum Gasteiger partial charge on any atom is 0.330 e. The van der Waals surface area contributed by atoms with Crippen molar-refractivity contribution in [3.8, 4) is 11.5 Å². The van der Waals surface area contributed by atoms with E-state index in [0.29, 0.717) is 5.75 Å². The first-order valence-electron chi connectivity index (χ1n) is 4.97. The number of rotatable bonds is 3. The standard InChI is InChI=1S/C12H12O4/c1-2-3-12(13)14-7-9-4-5-10-11(6-9)16-8-15-10/h2-6H,7-8H2,1H3. The second-order valence-corrected chi connectivity index (χ2v) is 3.30. The number of allylic oxidation sites excluding steroid dienone is 1. The van der Waals surface area contributed by atoms with Crippen LogP contribution in [0.2, 0.25) is 0 Å². The Kier molecular flexibility index (Phi) is 3.10. The maximum atomic E-state index is 11.1. The molecule has 0 N–H and O–H groups in total. The first-order chi connectivity index (χ1) is 7.79. The summed E-state index contributed by atoms with van der Waals surface area (Å²) in [6.07, 6.45) is 3.02. The normalized spacial score (nSPS) is 13.1. The minimum Gasteiger partial charge on any atom is -0.458 e. The lowest BCUT2D eigenvalue weighted by Crippen LogP contribution is -2.00. The predicted octanol–water partition coefficient (Wildman–Crippen LogP) is 2.03. The minimum absolute atomic E-state index is 0.236. The van der Waals surface area contributed by atoms with Crippen molar-refractivity contribution >= 4 is 5.97 Å². The van der Waals surface area contributed by atoms with Crippen LogP contribution in [0, 0.1) is 0 Å². The average molecular weight is 220 g/mol. The molecule has 1 aliphatic heterocycles. The van der Waals surface area contributed by atoms with Crippen LogP contribution in [0.1, 0.15) is 12.5 Å². The van der Waals surface area contributed by atoms with Crippen LogP contribution in [0.5, 0.6) is 11.5 Å². The van der Waals surface area contributed by atoms with E-state index in [4.69, 9.17) is 14.2 Å². The molecule has 1 aromatic rings. The first kappa shape index (κ1) is 10.5. The van der Waals surface area contributed by atoms with Gasteiger partial charge in [0.1, 0.15) is 6.61 Å². The number of carbonyl (C=O) groups excluding carboxylic acids is 1. The van der Waals surface area contributed by atoms with E-state index >= 15 is 0 Å². The fourth-order valence-electron chi connectivity index (χ4n) is 1.37. The van der Waals surface area contributed by atoms with Crippen molar-refractivity contribution in [1.29, 1.82) is 0 Å². The van der Waals surface area contributed by atoms with Crippen LogP contribution in [-0.4, -0.2) is 12.8 Å². The van der Waals surface area contributed by atoms with Crippen molar-refractivity contribution in [2.24, 2.45) is 0 Å². The van der Waals surface area contributed by atoms with E-state index < -0.39 is 0 Å².